The Hall–Kier alpha value is -3.29. The van der Waals surface area contributed by atoms with Crippen molar-refractivity contribution in [2.45, 2.75) is 13.8 Å². The minimum Gasteiger partial charge on any atom is -0.497 e. The van der Waals surface area contributed by atoms with Crippen LogP contribution in [0.1, 0.15) is 33.5 Å². The molecule has 0 atom stereocenters. The number of hydrogen-bond donors (Lipinski definition) is 1. The molecule has 0 spiro atoms. The first-order valence-electron chi connectivity index (χ1n) is 8.64. The molecule has 0 aliphatic heterocycles. The van der Waals surface area contributed by atoms with Crippen LogP contribution >= 0.6 is 0 Å². The van der Waals surface area contributed by atoms with Crippen LogP contribution in [-0.4, -0.2) is 62.5 Å². The van der Waals surface area contributed by atoms with Gasteiger partial charge in [-0.3, -0.25) is 9.59 Å². The summed E-state index contributed by atoms with van der Waals surface area (Å²) in [5.41, 5.74) is 1.25. The molecule has 0 radical (unpaired) electrons. The Labute approximate surface area is 163 Å². The highest BCUT2D eigenvalue weighted by Crippen LogP contribution is 2.39. The maximum absolute atomic E-state index is 12.8. The van der Waals surface area contributed by atoms with Crippen LogP contribution in [0.5, 0.6) is 11.5 Å². The van der Waals surface area contributed by atoms with Gasteiger partial charge in [0, 0.05) is 30.9 Å². The quantitative estimate of drug-likeness (QED) is 0.444. The number of nitrogens with one attached hydrogen (secondary N) is 1. The minimum absolute atomic E-state index is 0.00851. The molecular formula is C20H24N2O6. The first-order valence-corrected chi connectivity index (χ1v) is 8.64. The zero-order chi connectivity index (χ0) is 21.0. The average molecular weight is 388 g/mol. The summed E-state index contributed by atoms with van der Waals surface area (Å²) in [7, 11) is 5.94. The number of aromatic amines is 1. The van der Waals surface area contributed by atoms with Crippen LogP contribution in [0.3, 0.4) is 0 Å². The largest absolute Gasteiger partial charge is 0.497 e. The van der Waals surface area contributed by atoms with Crippen molar-refractivity contribution in [2.24, 2.45) is 0 Å². The lowest BCUT2D eigenvalue weighted by molar-refractivity contribution is -0.124. The van der Waals surface area contributed by atoms with E-state index >= 15 is 0 Å². The third kappa shape index (κ3) is 3.85. The Balaban J connectivity index is 2.85. The van der Waals surface area contributed by atoms with E-state index < -0.39 is 17.7 Å². The molecule has 1 amide bonds. The van der Waals surface area contributed by atoms with Gasteiger partial charge >= 0.3 is 5.97 Å². The molecule has 8 nitrogen and oxygen atoms in total. The highest BCUT2D eigenvalue weighted by atomic mass is 16.5. The predicted molar refractivity (Wildman–Crippen MR) is 103 cm³/mol. The molecule has 0 unspecified atom stereocenters. The van der Waals surface area contributed by atoms with Gasteiger partial charge in [0.15, 0.2) is 0 Å². The van der Waals surface area contributed by atoms with Crippen LogP contribution in [-0.2, 0) is 9.53 Å². The number of Topliss-reactive ketones (excluding diaryl/α,β-unsaturated/α-hetero) is 1. The molecule has 2 aromatic rings. The number of esters is 1. The fourth-order valence-electron chi connectivity index (χ4n) is 2.84. The van der Waals surface area contributed by atoms with Crippen LogP contribution in [0.2, 0.25) is 0 Å². The van der Waals surface area contributed by atoms with Gasteiger partial charge in [-0.1, -0.05) is 0 Å². The number of likely N-dealkylation sites (N-methyl/N-ethyl adjacent to an activating group) is 1. The number of aryl methyl sites for hydroxylation is 1. The summed E-state index contributed by atoms with van der Waals surface area (Å²) in [4.78, 5) is 41.8. The topological polar surface area (TPSA) is 97.9 Å². The van der Waals surface area contributed by atoms with E-state index in [1.807, 2.05) is 0 Å². The lowest BCUT2D eigenvalue weighted by Crippen LogP contribution is -2.30. The van der Waals surface area contributed by atoms with Gasteiger partial charge in [0.25, 0.3) is 11.7 Å². The number of H-pyrrole nitrogens is 1. The standard InChI is InChI=1S/C20H24N2O6/c1-7-28-20(25)15-11(2)21-17(18(23)19(24)22(3)4)16(15)13-10-12(26-5)8-9-14(13)27-6/h8-10,21H,7H2,1-6H3. The SMILES string of the molecule is CCOC(=O)c1c(C)[nH]c(C(=O)C(=O)N(C)C)c1-c1cc(OC)ccc1OC. The number of carbonyl (C=O) groups is 3. The molecule has 0 fully saturated rings. The maximum Gasteiger partial charge on any atom is 0.340 e. The van der Waals surface area contributed by atoms with Crippen molar-refractivity contribution in [2.75, 3.05) is 34.9 Å². The Bertz CT molecular complexity index is 914. The number of rotatable bonds is 7. The number of methoxy groups -OCH3 is 2. The van der Waals surface area contributed by atoms with Crippen LogP contribution in [0.25, 0.3) is 11.1 Å². The number of carbonyl (C=O) groups excluding carboxylic acids is 3. The van der Waals surface area contributed by atoms with Crippen LogP contribution in [0.15, 0.2) is 18.2 Å². The number of nitrogens with zero attached hydrogens (tertiary/aromatic N) is 1. The van der Waals surface area contributed by atoms with Crippen LogP contribution in [0, 0.1) is 6.92 Å². The number of hydrogen-bond acceptors (Lipinski definition) is 6. The molecule has 1 aromatic carbocycles. The molecule has 0 aliphatic carbocycles. The molecule has 0 bridgehead atoms. The van der Waals surface area contributed by atoms with Crippen molar-refractivity contribution in [3.63, 3.8) is 0 Å². The highest BCUT2D eigenvalue weighted by molar-refractivity contribution is 6.43. The molecule has 150 valence electrons. The van der Waals surface area contributed by atoms with Crippen molar-refractivity contribution < 1.29 is 28.6 Å². The Kier molecular flexibility index (Phi) is 6.45. The van der Waals surface area contributed by atoms with Crippen molar-refractivity contribution >= 4 is 17.7 Å². The first-order chi connectivity index (χ1) is 13.3. The number of aromatic nitrogens is 1. The summed E-state index contributed by atoms with van der Waals surface area (Å²) < 4.78 is 15.9. The fraction of sp³-hybridized carbons (Fsp3) is 0.350. The van der Waals surface area contributed by atoms with Crippen molar-refractivity contribution in [1.82, 2.24) is 9.88 Å². The Morgan fingerprint density at radius 3 is 2.32 bits per heavy atom. The van der Waals surface area contributed by atoms with E-state index in [1.54, 1.807) is 32.0 Å². The number of ether oxygens (including phenoxy) is 3. The molecule has 0 saturated heterocycles. The van der Waals surface area contributed by atoms with E-state index in [4.69, 9.17) is 14.2 Å². The van der Waals surface area contributed by atoms with E-state index in [2.05, 4.69) is 4.98 Å². The van der Waals surface area contributed by atoms with Gasteiger partial charge < -0.3 is 24.1 Å². The molecule has 1 heterocycles. The lowest BCUT2D eigenvalue weighted by atomic mass is 9.97. The lowest BCUT2D eigenvalue weighted by Gasteiger charge is -2.14. The average Bonchev–Trinajstić information content (AvgIpc) is 3.03. The van der Waals surface area contributed by atoms with Gasteiger partial charge in [0.1, 0.15) is 17.2 Å². The molecular weight excluding hydrogens is 364 g/mol. The summed E-state index contributed by atoms with van der Waals surface area (Å²) in [6.07, 6.45) is 0. The molecule has 28 heavy (non-hydrogen) atoms. The summed E-state index contributed by atoms with van der Waals surface area (Å²) >= 11 is 0. The zero-order valence-corrected chi connectivity index (χ0v) is 16.8. The Morgan fingerprint density at radius 2 is 1.79 bits per heavy atom. The summed E-state index contributed by atoms with van der Waals surface area (Å²) in [6.45, 7) is 3.49. The van der Waals surface area contributed by atoms with E-state index in [9.17, 15) is 14.4 Å². The van der Waals surface area contributed by atoms with Gasteiger partial charge in [0.05, 0.1) is 26.4 Å². The number of amides is 1. The molecule has 0 aliphatic rings. The minimum atomic E-state index is -0.775. The van der Waals surface area contributed by atoms with Gasteiger partial charge in [0.2, 0.25) is 0 Å². The second-order valence-corrected chi connectivity index (χ2v) is 6.19. The van der Waals surface area contributed by atoms with Gasteiger partial charge in [-0.05, 0) is 32.0 Å². The van der Waals surface area contributed by atoms with Crippen molar-refractivity contribution in [3.8, 4) is 22.6 Å². The maximum atomic E-state index is 12.8. The highest BCUT2D eigenvalue weighted by Gasteiger charge is 2.32. The summed E-state index contributed by atoms with van der Waals surface area (Å²) in [5, 5.41) is 0. The number of ketones is 1. The van der Waals surface area contributed by atoms with E-state index in [1.165, 1.54) is 33.2 Å². The predicted octanol–water partition coefficient (Wildman–Crippen LogP) is 2.45. The fourth-order valence-corrected chi connectivity index (χ4v) is 2.84. The number of benzene rings is 1. The van der Waals surface area contributed by atoms with Gasteiger partial charge in [-0.2, -0.15) is 0 Å². The van der Waals surface area contributed by atoms with E-state index in [0.29, 0.717) is 22.8 Å². The van der Waals surface area contributed by atoms with E-state index in [-0.39, 0.29) is 23.4 Å². The second kappa shape index (κ2) is 8.60. The van der Waals surface area contributed by atoms with Crippen molar-refractivity contribution in [1.29, 1.82) is 0 Å². The molecule has 1 aromatic heterocycles. The molecule has 0 saturated carbocycles. The van der Waals surface area contributed by atoms with Crippen LogP contribution < -0.4 is 9.47 Å². The summed E-state index contributed by atoms with van der Waals surface area (Å²) in [5.74, 6) is -1.19. The summed E-state index contributed by atoms with van der Waals surface area (Å²) in [6, 6.07) is 4.99. The molecule has 1 N–H and O–H groups in total. The molecule has 8 heteroatoms. The van der Waals surface area contributed by atoms with Gasteiger partial charge in [-0.25, -0.2) is 4.79 Å². The van der Waals surface area contributed by atoms with Gasteiger partial charge in [-0.15, -0.1) is 0 Å². The smallest absolute Gasteiger partial charge is 0.340 e. The third-order valence-corrected chi connectivity index (χ3v) is 4.17. The molecule has 2 rings (SSSR count). The van der Waals surface area contributed by atoms with Crippen LogP contribution in [0.4, 0.5) is 0 Å². The van der Waals surface area contributed by atoms with Crippen molar-refractivity contribution in [3.05, 3.63) is 35.2 Å². The normalized spacial score (nSPS) is 10.4. The van der Waals surface area contributed by atoms with E-state index in [0.717, 1.165) is 0 Å². The zero-order valence-electron chi connectivity index (χ0n) is 16.8. The third-order valence-electron chi connectivity index (χ3n) is 4.17. The Morgan fingerprint density at radius 1 is 1.11 bits per heavy atom. The second-order valence-electron chi connectivity index (χ2n) is 6.19. The monoisotopic (exact) mass is 388 g/mol. The first kappa shape index (κ1) is 21.0.